The Morgan fingerprint density at radius 3 is 2.73 bits per heavy atom. The molecule has 0 fully saturated rings. The first-order valence-corrected chi connectivity index (χ1v) is 5.34. The summed E-state index contributed by atoms with van der Waals surface area (Å²) < 4.78 is 0.880. The first-order valence-electron chi connectivity index (χ1n) is 4.54. The molecule has 1 rings (SSSR count). The smallest absolute Gasteiger partial charge is 0.236 e. The van der Waals surface area contributed by atoms with Gasteiger partial charge in [0.1, 0.15) is 0 Å². The summed E-state index contributed by atoms with van der Waals surface area (Å²) in [5.74, 6) is 2.15. The van der Waals surface area contributed by atoms with E-state index < -0.39 is 0 Å². The van der Waals surface area contributed by atoms with E-state index in [1.165, 1.54) is 0 Å². The van der Waals surface area contributed by atoms with E-state index in [2.05, 4.69) is 27.2 Å². The van der Waals surface area contributed by atoms with Crippen LogP contribution in [0.3, 0.4) is 0 Å². The number of aryl methyl sites for hydroxylation is 2. The molecule has 0 saturated heterocycles. The summed E-state index contributed by atoms with van der Waals surface area (Å²) in [5, 5.41) is 2.78. The zero-order valence-corrected chi connectivity index (χ0v) is 10.3. The van der Waals surface area contributed by atoms with E-state index in [0.717, 1.165) is 21.3 Å². The molecule has 0 saturated carbocycles. The standard InChI is InChI=1S/C12H12BrNO/c1-4-5-11(15)14-12-9(3)6-8(2)7-10(12)13/h1,6-7H,5H2,2-3H3,(H,14,15). The first kappa shape index (κ1) is 11.8. The van der Waals surface area contributed by atoms with Crippen molar-refractivity contribution in [3.63, 3.8) is 0 Å². The van der Waals surface area contributed by atoms with Crippen molar-refractivity contribution in [1.82, 2.24) is 0 Å². The number of carbonyl (C=O) groups excluding carboxylic acids is 1. The zero-order valence-electron chi connectivity index (χ0n) is 8.73. The van der Waals surface area contributed by atoms with E-state index in [1.807, 2.05) is 26.0 Å². The number of halogens is 1. The van der Waals surface area contributed by atoms with Gasteiger partial charge in [-0.2, -0.15) is 0 Å². The average Bonchev–Trinajstić information content (AvgIpc) is 2.11. The van der Waals surface area contributed by atoms with Crippen molar-refractivity contribution in [3.8, 4) is 12.3 Å². The van der Waals surface area contributed by atoms with Gasteiger partial charge in [-0.3, -0.25) is 4.79 Å². The number of nitrogens with one attached hydrogen (secondary N) is 1. The largest absolute Gasteiger partial charge is 0.324 e. The van der Waals surface area contributed by atoms with Crippen LogP contribution in [0.15, 0.2) is 16.6 Å². The minimum atomic E-state index is -0.162. The number of carbonyl (C=O) groups is 1. The Labute approximate surface area is 98.2 Å². The van der Waals surface area contributed by atoms with Gasteiger partial charge in [-0.15, -0.1) is 6.42 Å². The molecule has 1 N–H and O–H groups in total. The fraction of sp³-hybridized carbons (Fsp3) is 0.250. The van der Waals surface area contributed by atoms with Gasteiger partial charge in [-0.05, 0) is 47.0 Å². The Kier molecular flexibility index (Phi) is 3.93. The Bertz CT molecular complexity index is 409. The lowest BCUT2D eigenvalue weighted by molar-refractivity contribution is -0.115. The minimum Gasteiger partial charge on any atom is -0.324 e. The molecule has 1 aromatic carbocycles. The number of rotatable bonds is 2. The summed E-state index contributed by atoms with van der Waals surface area (Å²) >= 11 is 3.41. The van der Waals surface area contributed by atoms with Crippen molar-refractivity contribution >= 4 is 27.5 Å². The van der Waals surface area contributed by atoms with E-state index in [1.54, 1.807) is 0 Å². The van der Waals surface area contributed by atoms with Crippen LogP contribution in [-0.4, -0.2) is 5.91 Å². The molecule has 0 aliphatic rings. The zero-order chi connectivity index (χ0) is 11.4. The fourth-order valence-electron chi connectivity index (χ4n) is 1.35. The third-order valence-corrected chi connectivity index (χ3v) is 2.58. The van der Waals surface area contributed by atoms with Gasteiger partial charge in [0.05, 0.1) is 12.1 Å². The molecular weight excluding hydrogens is 254 g/mol. The van der Waals surface area contributed by atoms with Crippen LogP contribution in [0.5, 0.6) is 0 Å². The maximum atomic E-state index is 11.3. The molecule has 2 nitrogen and oxygen atoms in total. The molecule has 0 bridgehead atoms. The molecule has 0 aliphatic heterocycles. The maximum absolute atomic E-state index is 11.3. The van der Waals surface area contributed by atoms with E-state index in [9.17, 15) is 4.79 Å². The molecule has 15 heavy (non-hydrogen) atoms. The molecule has 78 valence electrons. The molecule has 1 aromatic rings. The minimum absolute atomic E-state index is 0.0970. The van der Waals surface area contributed by atoms with Gasteiger partial charge in [-0.1, -0.05) is 12.0 Å². The Balaban J connectivity index is 2.96. The first-order chi connectivity index (χ1) is 7.04. The second kappa shape index (κ2) is 4.99. The summed E-state index contributed by atoms with van der Waals surface area (Å²) in [4.78, 5) is 11.3. The van der Waals surface area contributed by atoms with Crippen LogP contribution in [0, 0.1) is 26.2 Å². The van der Waals surface area contributed by atoms with Crippen molar-refractivity contribution in [2.75, 3.05) is 5.32 Å². The van der Waals surface area contributed by atoms with Crippen LogP contribution in [0.4, 0.5) is 5.69 Å². The summed E-state index contributed by atoms with van der Waals surface area (Å²) in [6, 6.07) is 3.97. The number of anilines is 1. The summed E-state index contributed by atoms with van der Waals surface area (Å²) in [6.07, 6.45) is 5.16. The lowest BCUT2D eigenvalue weighted by atomic mass is 10.1. The predicted molar refractivity (Wildman–Crippen MR) is 65.7 cm³/mol. The van der Waals surface area contributed by atoms with Gasteiger partial charge in [-0.25, -0.2) is 0 Å². The molecular formula is C12H12BrNO. The van der Waals surface area contributed by atoms with Crippen molar-refractivity contribution in [1.29, 1.82) is 0 Å². The molecule has 1 amide bonds. The molecule has 0 unspecified atom stereocenters. The Morgan fingerprint density at radius 1 is 1.53 bits per heavy atom. The Morgan fingerprint density at radius 2 is 2.20 bits per heavy atom. The van der Waals surface area contributed by atoms with Crippen molar-refractivity contribution < 1.29 is 4.79 Å². The van der Waals surface area contributed by atoms with Crippen LogP contribution < -0.4 is 5.32 Å². The molecule has 0 aromatic heterocycles. The quantitative estimate of drug-likeness (QED) is 0.819. The fourth-order valence-corrected chi connectivity index (χ4v) is 2.12. The van der Waals surface area contributed by atoms with Gasteiger partial charge < -0.3 is 5.32 Å². The van der Waals surface area contributed by atoms with Gasteiger partial charge >= 0.3 is 0 Å². The van der Waals surface area contributed by atoms with Crippen molar-refractivity contribution in [3.05, 3.63) is 27.7 Å². The van der Waals surface area contributed by atoms with Crippen LogP contribution in [0.1, 0.15) is 17.5 Å². The van der Waals surface area contributed by atoms with E-state index in [4.69, 9.17) is 6.42 Å². The van der Waals surface area contributed by atoms with Gasteiger partial charge in [0, 0.05) is 4.47 Å². The summed E-state index contributed by atoms with van der Waals surface area (Å²) in [5.41, 5.74) is 2.96. The number of hydrogen-bond donors (Lipinski definition) is 1. The highest BCUT2D eigenvalue weighted by Crippen LogP contribution is 2.27. The summed E-state index contributed by atoms with van der Waals surface area (Å²) in [6.45, 7) is 3.95. The molecule has 0 aliphatic carbocycles. The highest BCUT2D eigenvalue weighted by atomic mass is 79.9. The molecule has 0 atom stereocenters. The van der Waals surface area contributed by atoms with Crippen LogP contribution in [0.2, 0.25) is 0 Å². The second-order valence-corrected chi connectivity index (χ2v) is 4.22. The van der Waals surface area contributed by atoms with Gasteiger partial charge in [0.2, 0.25) is 5.91 Å². The number of hydrogen-bond acceptors (Lipinski definition) is 1. The normalized spacial score (nSPS) is 9.47. The molecule has 3 heteroatoms. The van der Waals surface area contributed by atoms with Crippen LogP contribution in [0.25, 0.3) is 0 Å². The number of amides is 1. The topological polar surface area (TPSA) is 29.1 Å². The van der Waals surface area contributed by atoms with E-state index in [0.29, 0.717) is 0 Å². The maximum Gasteiger partial charge on any atom is 0.236 e. The second-order valence-electron chi connectivity index (χ2n) is 3.37. The van der Waals surface area contributed by atoms with E-state index in [-0.39, 0.29) is 12.3 Å². The average molecular weight is 266 g/mol. The van der Waals surface area contributed by atoms with Gasteiger partial charge in [0.15, 0.2) is 0 Å². The monoisotopic (exact) mass is 265 g/mol. The third kappa shape index (κ3) is 3.10. The van der Waals surface area contributed by atoms with Crippen molar-refractivity contribution in [2.45, 2.75) is 20.3 Å². The van der Waals surface area contributed by atoms with Crippen molar-refractivity contribution in [2.24, 2.45) is 0 Å². The molecule has 0 radical (unpaired) electrons. The number of benzene rings is 1. The summed E-state index contributed by atoms with van der Waals surface area (Å²) in [7, 11) is 0. The highest BCUT2D eigenvalue weighted by Gasteiger charge is 2.07. The SMILES string of the molecule is C#CCC(=O)Nc1c(C)cc(C)cc1Br. The number of terminal acetylenes is 1. The Hall–Kier alpha value is -1.27. The van der Waals surface area contributed by atoms with Crippen LogP contribution >= 0.6 is 15.9 Å². The van der Waals surface area contributed by atoms with E-state index >= 15 is 0 Å². The van der Waals surface area contributed by atoms with Crippen LogP contribution in [-0.2, 0) is 4.79 Å². The highest BCUT2D eigenvalue weighted by molar-refractivity contribution is 9.10. The third-order valence-electron chi connectivity index (χ3n) is 1.96. The lowest BCUT2D eigenvalue weighted by Gasteiger charge is -2.10. The molecule has 0 spiro atoms. The lowest BCUT2D eigenvalue weighted by Crippen LogP contribution is -2.11. The molecule has 0 heterocycles. The predicted octanol–water partition coefficient (Wildman–Crippen LogP) is 3.03. The van der Waals surface area contributed by atoms with Gasteiger partial charge in [0.25, 0.3) is 0 Å².